The number of nitrogens with one attached hydrogen (secondary N) is 1. The molecule has 0 radical (unpaired) electrons. The molecule has 0 unspecified atom stereocenters. The molecule has 33 heavy (non-hydrogen) atoms. The number of pyridine rings is 1. The van der Waals surface area contributed by atoms with Crippen LogP contribution >= 0.6 is 0 Å². The number of benzene rings is 3. The van der Waals surface area contributed by atoms with E-state index in [1.54, 1.807) is 67.9 Å². The van der Waals surface area contributed by atoms with E-state index in [4.69, 9.17) is 5.73 Å². The van der Waals surface area contributed by atoms with Crippen molar-refractivity contribution in [2.45, 2.75) is 6.92 Å². The number of urea groups is 1. The van der Waals surface area contributed by atoms with Crippen LogP contribution in [0.4, 0.5) is 26.2 Å². The lowest BCUT2D eigenvalue weighted by Crippen LogP contribution is -2.32. The summed E-state index contributed by atoms with van der Waals surface area (Å²) in [7, 11) is 0. The number of aryl methyl sites for hydroxylation is 1. The van der Waals surface area contributed by atoms with Gasteiger partial charge in [0.1, 0.15) is 5.82 Å². The lowest BCUT2D eigenvalue weighted by molar-refractivity contribution is -0.111. The normalized spacial score (nSPS) is 11.0. The van der Waals surface area contributed by atoms with Crippen LogP contribution in [0.15, 0.2) is 85.2 Å². The van der Waals surface area contributed by atoms with Crippen LogP contribution in [-0.2, 0) is 4.79 Å². The second-order valence-electron chi connectivity index (χ2n) is 7.45. The highest BCUT2D eigenvalue weighted by Crippen LogP contribution is 2.32. The van der Waals surface area contributed by atoms with Gasteiger partial charge in [-0.1, -0.05) is 30.3 Å². The van der Waals surface area contributed by atoms with Crippen molar-refractivity contribution in [2.24, 2.45) is 5.73 Å². The number of aromatic nitrogens is 1. The molecule has 3 amide bonds. The molecule has 1 heterocycles. The molecule has 4 rings (SSSR count). The molecular weight excluding hydrogens is 419 g/mol. The molecule has 0 bridgehead atoms. The maximum atomic E-state index is 14.5. The van der Waals surface area contributed by atoms with E-state index >= 15 is 0 Å². The van der Waals surface area contributed by atoms with Crippen LogP contribution in [0.1, 0.15) is 11.1 Å². The number of carbonyl (C=O) groups is 2. The minimum absolute atomic E-state index is 0.0402. The number of hydrogen-bond donors (Lipinski definition) is 2. The van der Waals surface area contributed by atoms with E-state index in [9.17, 15) is 14.0 Å². The molecule has 6 nitrogen and oxygen atoms in total. The zero-order chi connectivity index (χ0) is 23.4. The number of rotatable bonds is 5. The maximum absolute atomic E-state index is 14.5. The van der Waals surface area contributed by atoms with Gasteiger partial charge in [0, 0.05) is 29.5 Å². The molecule has 164 valence electrons. The fraction of sp³-hybridized carbons (Fsp3) is 0.0385. The molecule has 0 spiro atoms. The van der Waals surface area contributed by atoms with Crippen molar-refractivity contribution in [1.82, 2.24) is 4.98 Å². The molecule has 0 aliphatic carbocycles. The first-order valence-corrected chi connectivity index (χ1v) is 10.2. The highest BCUT2D eigenvalue weighted by atomic mass is 19.1. The summed E-state index contributed by atoms with van der Waals surface area (Å²) in [5.41, 5.74) is 7.94. The fourth-order valence-corrected chi connectivity index (χ4v) is 3.50. The molecule has 7 heteroatoms. The largest absolute Gasteiger partial charge is 0.351 e. The molecule has 0 atom stereocenters. The smallest absolute Gasteiger partial charge is 0.324 e. The Labute approximate surface area is 190 Å². The first-order valence-electron chi connectivity index (χ1n) is 10.2. The summed E-state index contributed by atoms with van der Waals surface area (Å²) >= 11 is 0. The molecule has 0 saturated carbocycles. The van der Waals surface area contributed by atoms with Crippen LogP contribution in [0.3, 0.4) is 0 Å². The van der Waals surface area contributed by atoms with Gasteiger partial charge in [-0.05, 0) is 65.9 Å². The Hall–Kier alpha value is -4.52. The van der Waals surface area contributed by atoms with Crippen LogP contribution in [-0.4, -0.2) is 16.9 Å². The Morgan fingerprint density at radius 2 is 1.82 bits per heavy atom. The van der Waals surface area contributed by atoms with Gasteiger partial charge in [0.15, 0.2) is 0 Å². The van der Waals surface area contributed by atoms with Crippen molar-refractivity contribution in [3.8, 4) is 0 Å². The van der Waals surface area contributed by atoms with E-state index in [0.29, 0.717) is 16.9 Å². The number of amides is 3. The summed E-state index contributed by atoms with van der Waals surface area (Å²) in [6.45, 7) is 1.79. The monoisotopic (exact) mass is 440 g/mol. The van der Waals surface area contributed by atoms with E-state index < -0.39 is 11.8 Å². The fourth-order valence-electron chi connectivity index (χ4n) is 3.50. The van der Waals surface area contributed by atoms with Crippen LogP contribution in [0, 0.1) is 12.7 Å². The summed E-state index contributed by atoms with van der Waals surface area (Å²) in [5.74, 6) is -0.937. The van der Waals surface area contributed by atoms with Crippen molar-refractivity contribution in [1.29, 1.82) is 0 Å². The van der Waals surface area contributed by atoms with Gasteiger partial charge in [0.2, 0.25) is 5.91 Å². The number of para-hydroxylation sites is 1. The van der Waals surface area contributed by atoms with E-state index in [-0.39, 0.29) is 11.6 Å². The third-order valence-electron chi connectivity index (χ3n) is 5.06. The van der Waals surface area contributed by atoms with Gasteiger partial charge in [-0.25, -0.2) is 9.18 Å². The number of fused-ring (bicyclic) bond motifs is 1. The molecule has 1 aromatic heterocycles. The second kappa shape index (κ2) is 9.32. The highest BCUT2D eigenvalue weighted by molar-refractivity contribution is 6.05. The Kier molecular flexibility index (Phi) is 6.13. The number of halogens is 1. The van der Waals surface area contributed by atoms with E-state index in [1.165, 1.54) is 12.1 Å². The molecule has 3 aromatic carbocycles. The first-order chi connectivity index (χ1) is 15.9. The molecule has 0 aliphatic rings. The van der Waals surface area contributed by atoms with Crippen molar-refractivity contribution in [2.75, 3.05) is 10.2 Å². The third kappa shape index (κ3) is 4.88. The summed E-state index contributed by atoms with van der Waals surface area (Å²) < 4.78 is 14.5. The van der Waals surface area contributed by atoms with Crippen molar-refractivity contribution in [3.05, 3.63) is 102 Å². The van der Waals surface area contributed by atoms with Crippen LogP contribution in [0.5, 0.6) is 0 Å². The molecule has 0 fully saturated rings. The quantitative estimate of drug-likeness (QED) is 0.399. The Bertz CT molecular complexity index is 1380. The number of carbonyl (C=O) groups excluding carboxylic acids is 2. The topological polar surface area (TPSA) is 88.3 Å². The van der Waals surface area contributed by atoms with Gasteiger partial charge >= 0.3 is 6.03 Å². The summed E-state index contributed by atoms with van der Waals surface area (Å²) in [6.07, 6.45) is 6.34. The molecule has 0 saturated heterocycles. The van der Waals surface area contributed by atoms with Crippen LogP contribution in [0.25, 0.3) is 16.8 Å². The van der Waals surface area contributed by atoms with Gasteiger partial charge < -0.3 is 11.1 Å². The average molecular weight is 440 g/mol. The average Bonchev–Trinajstić information content (AvgIpc) is 2.80. The van der Waals surface area contributed by atoms with Crippen molar-refractivity contribution < 1.29 is 14.0 Å². The zero-order valence-electron chi connectivity index (χ0n) is 17.8. The molecule has 0 aliphatic heterocycles. The van der Waals surface area contributed by atoms with Gasteiger partial charge in [-0.15, -0.1) is 0 Å². The summed E-state index contributed by atoms with van der Waals surface area (Å²) in [4.78, 5) is 30.0. The summed E-state index contributed by atoms with van der Waals surface area (Å²) in [6, 6.07) is 17.8. The minimum atomic E-state index is -0.838. The lowest BCUT2D eigenvalue weighted by atomic mass is 10.1. The van der Waals surface area contributed by atoms with Gasteiger partial charge in [-0.3, -0.25) is 14.7 Å². The van der Waals surface area contributed by atoms with Gasteiger partial charge in [0.25, 0.3) is 0 Å². The zero-order valence-corrected chi connectivity index (χ0v) is 17.8. The Morgan fingerprint density at radius 1 is 1.00 bits per heavy atom. The van der Waals surface area contributed by atoms with Crippen molar-refractivity contribution >= 4 is 45.8 Å². The number of hydrogen-bond acceptors (Lipinski definition) is 3. The highest BCUT2D eigenvalue weighted by Gasteiger charge is 2.21. The van der Waals surface area contributed by atoms with E-state index in [1.807, 2.05) is 18.2 Å². The van der Waals surface area contributed by atoms with Crippen LogP contribution < -0.4 is 16.0 Å². The summed E-state index contributed by atoms with van der Waals surface area (Å²) in [5, 5.41) is 4.73. The standard InChI is InChI=1S/C26H21FN4O2/c1-17-6-10-22(27)24(14-17)31(26(28)33)23-5-3-2-4-18(23)8-11-25(32)30-21-9-7-20-16-29-13-12-19(20)15-21/h2-16H,1H3,(H2,28,33)(H,30,32)/b11-8+. The number of anilines is 3. The first kappa shape index (κ1) is 21.7. The van der Waals surface area contributed by atoms with Crippen molar-refractivity contribution in [3.63, 3.8) is 0 Å². The lowest BCUT2D eigenvalue weighted by Gasteiger charge is -2.23. The minimum Gasteiger partial charge on any atom is -0.351 e. The number of nitrogens with two attached hydrogens (primary N) is 1. The van der Waals surface area contributed by atoms with E-state index in [2.05, 4.69) is 10.3 Å². The number of primary amides is 1. The molecular formula is C26H21FN4O2. The predicted molar refractivity (Wildman–Crippen MR) is 129 cm³/mol. The maximum Gasteiger partial charge on any atom is 0.324 e. The van der Waals surface area contributed by atoms with Gasteiger partial charge in [0.05, 0.1) is 11.4 Å². The third-order valence-corrected chi connectivity index (χ3v) is 5.06. The second-order valence-corrected chi connectivity index (χ2v) is 7.45. The SMILES string of the molecule is Cc1ccc(F)c(N(C(N)=O)c2ccccc2/C=C/C(=O)Nc2ccc3cnccc3c2)c1. The predicted octanol–water partition coefficient (Wildman–Crippen LogP) is 5.55. The van der Waals surface area contributed by atoms with Gasteiger partial charge in [-0.2, -0.15) is 0 Å². The number of nitrogens with zero attached hydrogens (tertiary/aromatic N) is 2. The Morgan fingerprint density at radius 3 is 2.64 bits per heavy atom. The molecule has 3 N–H and O–H groups in total. The molecule has 4 aromatic rings. The Balaban J connectivity index is 1.61. The van der Waals surface area contributed by atoms with E-state index in [0.717, 1.165) is 21.2 Å². The van der Waals surface area contributed by atoms with Crippen LogP contribution in [0.2, 0.25) is 0 Å².